The van der Waals surface area contributed by atoms with E-state index in [0.717, 1.165) is 11.1 Å². The second-order valence-corrected chi connectivity index (χ2v) is 4.43. The maximum absolute atomic E-state index is 9.21. The first-order valence-corrected chi connectivity index (χ1v) is 6.26. The van der Waals surface area contributed by atoms with Gasteiger partial charge in [-0.3, -0.25) is 0 Å². The summed E-state index contributed by atoms with van der Waals surface area (Å²) in [5.74, 6) is 1.32. The van der Waals surface area contributed by atoms with Gasteiger partial charge in [-0.25, -0.2) is 0 Å². The SMILES string of the molecule is COc1ccc(COc2ccccc2CO)cc1Cl. The van der Waals surface area contributed by atoms with Gasteiger partial charge in [-0.1, -0.05) is 35.9 Å². The quantitative estimate of drug-likeness (QED) is 0.911. The molecule has 0 fully saturated rings. The summed E-state index contributed by atoms with van der Waals surface area (Å²) in [5.41, 5.74) is 1.71. The number of methoxy groups -OCH3 is 1. The molecule has 0 heterocycles. The molecule has 0 bridgehead atoms. The van der Waals surface area contributed by atoms with E-state index < -0.39 is 0 Å². The molecule has 0 aliphatic rings. The van der Waals surface area contributed by atoms with Gasteiger partial charge < -0.3 is 14.6 Å². The first-order chi connectivity index (χ1) is 9.24. The van der Waals surface area contributed by atoms with Gasteiger partial charge in [0, 0.05) is 5.56 Å². The Morgan fingerprint density at radius 3 is 2.58 bits per heavy atom. The molecule has 19 heavy (non-hydrogen) atoms. The average molecular weight is 279 g/mol. The van der Waals surface area contributed by atoms with Gasteiger partial charge in [0.25, 0.3) is 0 Å². The standard InChI is InChI=1S/C15H15ClO3/c1-18-15-7-6-11(8-13(15)16)10-19-14-5-3-2-4-12(14)9-17/h2-8,17H,9-10H2,1H3. The first-order valence-electron chi connectivity index (χ1n) is 5.88. The lowest BCUT2D eigenvalue weighted by molar-refractivity contribution is 0.259. The predicted octanol–water partition coefficient (Wildman–Crippen LogP) is 3.42. The highest BCUT2D eigenvalue weighted by molar-refractivity contribution is 6.32. The molecule has 0 spiro atoms. The normalized spacial score (nSPS) is 10.3. The van der Waals surface area contributed by atoms with Gasteiger partial charge in [-0.2, -0.15) is 0 Å². The van der Waals surface area contributed by atoms with E-state index in [1.165, 1.54) is 0 Å². The zero-order chi connectivity index (χ0) is 13.7. The Kier molecular flexibility index (Phi) is 4.66. The van der Waals surface area contributed by atoms with Gasteiger partial charge in [-0.05, 0) is 23.8 Å². The largest absolute Gasteiger partial charge is 0.495 e. The molecule has 0 radical (unpaired) electrons. The average Bonchev–Trinajstić information content (AvgIpc) is 2.45. The summed E-state index contributed by atoms with van der Waals surface area (Å²) in [6, 6.07) is 12.9. The van der Waals surface area contributed by atoms with Crippen molar-refractivity contribution in [2.45, 2.75) is 13.2 Å². The lowest BCUT2D eigenvalue weighted by Crippen LogP contribution is -1.99. The first kappa shape index (κ1) is 13.7. The second kappa shape index (κ2) is 6.45. The van der Waals surface area contributed by atoms with Crippen LogP contribution in [-0.2, 0) is 13.2 Å². The van der Waals surface area contributed by atoms with Crippen molar-refractivity contribution in [2.75, 3.05) is 7.11 Å². The van der Waals surface area contributed by atoms with Crippen molar-refractivity contribution < 1.29 is 14.6 Å². The van der Waals surface area contributed by atoms with E-state index in [2.05, 4.69) is 0 Å². The molecule has 3 nitrogen and oxygen atoms in total. The zero-order valence-electron chi connectivity index (χ0n) is 10.6. The molecule has 2 rings (SSSR count). The summed E-state index contributed by atoms with van der Waals surface area (Å²) < 4.78 is 10.8. The molecule has 2 aromatic carbocycles. The number of hydrogen-bond donors (Lipinski definition) is 1. The molecular weight excluding hydrogens is 264 g/mol. The van der Waals surface area contributed by atoms with Gasteiger partial charge in [0.2, 0.25) is 0 Å². The van der Waals surface area contributed by atoms with Crippen LogP contribution in [0.5, 0.6) is 11.5 Å². The topological polar surface area (TPSA) is 38.7 Å². The molecule has 0 saturated heterocycles. The van der Waals surface area contributed by atoms with E-state index in [-0.39, 0.29) is 6.61 Å². The summed E-state index contributed by atoms with van der Waals surface area (Å²) in [4.78, 5) is 0. The molecule has 0 aliphatic carbocycles. The van der Waals surface area contributed by atoms with Crippen LogP contribution in [0.2, 0.25) is 5.02 Å². The number of ether oxygens (including phenoxy) is 2. The number of aliphatic hydroxyl groups excluding tert-OH is 1. The zero-order valence-corrected chi connectivity index (χ0v) is 11.4. The lowest BCUT2D eigenvalue weighted by atomic mass is 10.2. The predicted molar refractivity (Wildman–Crippen MR) is 74.7 cm³/mol. The van der Waals surface area contributed by atoms with Crippen LogP contribution in [0, 0.1) is 0 Å². The molecule has 0 aromatic heterocycles. The highest BCUT2D eigenvalue weighted by Crippen LogP contribution is 2.26. The van der Waals surface area contributed by atoms with E-state index >= 15 is 0 Å². The van der Waals surface area contributed by atoms with E-state index in [1.54, 1.807) is 13.2 Å². The van der Waals surface area contributed by atoms with Crippen molar-refractivity contribution in [1.82, 2.24) is 0 Å². The van der Waals surface area contributed by atoms with Gasteiger partial charge in [0.1, 0.15) is 18.1 Å². The molecule has 0 saturated carbocycles. The van der Waals surface area contributed by atoms with Gasteiger partial charge >= 0.3 is 0 Å². The molecule has 0 aliphatic heterocycles. The van der Waals surface area contributed by atoms with Crippen LogP contribution in [0.4, 0.5) is 0 Å². The van der Waals surface area contributed by atoms with Crippen LogP contribution in [0.1, 0.15) is 11.1 Å². The minimum atomic E-state index is -0.0421. The Morgan fingerprint density at radius 1 is 1.11 bits per heavy atom. The molecule has 0 unspecified atom stereocenters. The number of benzene rings is 2. The van der Waals surface area contributed by atoms with Gasteiger partial charge in [0.15, 0.2) is 0 Å². The fraction of sp³-hybridized carbons (Fsp3) is 0.200. The Balaban J connectivity index is 2.08. The maximum Gasteiger partial charge on any atom is 0.137 e. The van der Waals surface area contributed by atoms with Gasteiger partial charge in [-0.15, -0.1) is 0 Å². The summed E-state index contributed by atoms with van der Waals surface area (Å²) in [5, 5.41) is 9.77. The minimum absolute atomic E-state index is 0.0421. The summed E-state index contributed by atoms with van der Waals surface area (Å²) in [7, 11) is 1.58. The van der Waals surface area contributed by atoms with Crippen molar-refractivity contribution in [1.29, 1.82) is 0 Å². The number of aliphatic hydroxyl groups is 1. The van der Waals surface area contributed by atoms with Crippen molar-refractivity contribution >= 4 is 11.6 Å². The van der Waals surface area contributed by atoms with Crippen molar-refractivity contribution in [3.63, 3.8) is 0 Å². The van der Waals surface area contributed by atoms with Crippen LogP contribution >= 0.6 is 11.6 Å². The summed E-state index contributed by atoms with van der Waals surface area (Å²) in [6.07, 6.45) is 0. The molecule has 2 aromatic rings. The number of rotatable bonds is 5. The van der Waals surface area contributed by atoms with Crippen molar-refractivity contribution in [3.8, 4) is 11.5 Å². The van der Waals surface area contributed by atoms with Crippen LogP contribution in [-0.4, -0.2) is 12.2 Å². The number of hydrogen-bond acceptors (Lipinski definition) is 3. The Hall–Kier alpha value is -1.71. The Labute approximate surface area is 117 Å². The monoisotopic (exact) mass is 278 g/mol. The second-order valence-electron chi connectivity index (χ2n) is 4.02. The van der Waals surface area contributed by atoms with Crippen LogP contribution in [0.3, 0.4) is 0 Å². The molecule has 4 heteroatoms. The molecule has 100 valence electrons. The van der Waals surface area contributed by atoms with Crippen LogP contribution in [0.25, 0.3) is 0 Å². The highest BCUT2D eigenvalue weighted by Gasteiger charge is 2.04. The summed E-state index contributed by atoms with van der Waals surface area (Å²) >= 11 is 6.05. The van der Waals surface area contributed by atoms with Crippen LogP contribution < -0.4 is 9.47 Å². The van der Waals surface area contributed by atoms with E-state index in [0.29, 0.717) is 23.1 Å². The van der Waals surface area contributed by atoms with E-state index in [1.807, 2.05) is 36.4 Å². The Morgan fingerprint density at radius 2 is 1.89 bits per heavy atom. The van der Waals surface area contributed by atoms with Crippen LogP contribution in [0.15, 0.2) is 42.5 Å². The van der Waals surface area contributed by atoms with Crippen molar-refractivity contribution in [2.24, 2.45) is 0 Å². The summed E-state index contributed by atoms with van der Waals surface area (Å²) in [6.45, 7) is 0.347. The minimum Gasteiger partial charge on any atom is -0.495 e. The van der Waals surface area contributed by atoms with E-state index in [4.69, 9.17) is 21.1 Å². The third kappa shape index (κ3) is 3.40. The molecule has 0 amide bonds. The Bertz CT molecular complexity index is 555. The number of halogens is 1. The maximum atomic E-state index is 9.21. The fourth-order valence-corrected chi connectivity index (χ4v) is 2.02. The number of para-hydroxylation sites is 1. The molecular formula is C15H15ClO3. The highest BCUT2D eigenvalue weighted by atomic mass is 35.5. The third-order valence-electron chi connectivity index (χ3n) is 2.75. The van der Waals surface area contributed by atoms with Crippen molar-refractivity contribution in [3.05, 3.63) is 58.6 Å². The molecule has 0 atom stereocenters. The molecule has 1 N–H and O–H groups in total. The third-order valence-corrected chi connectivity index (χ3v) is 3.05. The lowest BCUT2D eigenvalue weighted by Gasteiger charge is -2.11. The fourth-order valence-electron chi connectivity index (χ4n) is 1.74. The van der Waals surface area contributed by atoms with Gasteiger partial charge in [0.05, 0.1) is 18.7 Å². The van der Waals surface area contributed by atoms with E-state index in [9.17, 15) is 5.11 Å². The smallest absolute Gasteiger partial charge is 0.137 e.